The molecule has 2 aromatic carbocycles. The van der Waals surface area contributed by atoms with Crippen molar-refractivity contribution in [2.24, 2.45) is 0 Å². The second-order valence-corrected chi connectivity index (χ2v) is 6.38. The van der Waals surface area contributed by atoms with E-state index in [1.807, 2.05) is 42.6 Å². The Morgan fingerprint density at radius 3 is 2.64 bits per heavy atom. The highest BCUT2D eigenvalue weighted by molar-refractivity contribution is 9.10. The Balaban J connectivity index is 1.58. The summed E-state index contributed by atoms with van der Waals surface area (Å²) in [5.41, 5.74) is 2.59. The molecule has 0 radical (unpaired) electrons. The molecule has 1 N–H and O–H groups in total. The average molecular weight is 400 g/mol. The fraction of sp³-hybridized carbons (Fsp3) is 0.158. The quantitative estimate of drug-likeness (QED) is 0.688. The molecule has 0 spiro atoms. The monoisotopic (exact) mass is 399 g/mol. The Morgan fingerprint density at radius 1 is 1.20 bits per heavy atom. The number of hydrogen-bond donors (Lipinski definition) is 1. The fourth-order valence-electron chi connectivity index (χ4n) is 2.53. The summed E-state index contributed by atoms with van der Waals surface area (Å²) in [6.45, 7) is 0.549. The van der Waals surface area contributed by atoms with Crippen LogP contribution in [0.15, 0.2) is 65.4 Å². The highest BCUT2D eigenvalue weighted by atomic mass is 79.9. The predicted molar refractivity (Wildman–Crippen MR) is 100 cm³/mol. The van der Waals surface area contributed by atoms with Gasteiger partial charge in [-0.25, -0.2) is 4.68 Å². The minimum absolute atomic E-state index is 0.0944. The first-order valence-corrected chi connectivity index (χ1v) is 8.67. The van der Waals surface area contributed by atoms with Gasteiger partial charge < -0.3 is 10.1 Å². The normalized spacial score (nSPS) is 10.5. The smallest absolute Gasteiger partial charge is 0.251 e. The van der Waals surface area contributed by atoms with Gasteiger partial charge in [0.15, 0.2) is 0 Å². The molecule has 0 aliphatic heterocycles. The van der Waals surface area contributed by atoms with Gasteiger partial charge in [0.25, 0.3) is 5.91 Å². The van der Waals surface area contributed by atoms with E-state index < -0.39 is 0 Å². The molecule has 128 valence electrons. The Bertz CT molecular complexity index is 859. The predicted octanol–water partition coefficient (Wildman–Crippen LogP) is 3.62. The topological polar surface area (TPSA) is 56.1 Å². The third kappa shape index (κ3) is 4.28. The van der Waals surface area contributed by atoms with Gasteiger partial charge >= 0.3 is 0 Å². The maximum Gasteiger partial charge on any atom is 0.251 e. The first-order chi connectivity index (χ1) is 12.2. The van der Waals surface area contributed by atoms with Gasteiger partial charge in [-0.2, -0.15) is 5.10 Å². The minimum Gasteiger partial charge on any atom is -0.496 e. The molecular formula is C19H18BrN3O2. The van der Waals surface area contributed by atoms with Gasteiger partial charge in [-0.1, -0.05) is 18.2 Å². The molecule has 0 aliphatic carbocycles. The van der Waals surface area contributed by atoms with Crippen molar-refractivity contribution in [3.63, 3.8) is 0 Å². The van der Waals surface area contributed by atoms with Crippen molar-refractivity contribution in [3.05, 3.63) is 76.5 Å². The van der Waals surface area contributed by atoms with Gasteiger partial charge in [0.1, 0.15) is 5.75 Å². The van der Waals surface area contributed by atoms with Crippen molar-refractivity contribution >= 4 is 21.8 Å². The number of halogens is 1. The zero-order valence-electron chi connectivity index (χ0n) is 13.8. The van der Waals surface area contributed by atoms with E-state index in [4.69, 9.17) is 4.74 Å². The zero-order chi connectivity index (χ0) is 17.6. The van der Waals surface area contributed by atoms with E-state index in [2.05, 4.69) is 26.3 Å². The van der Waals surface area contributed by atoms with Crippen molar-refractivity contribution in [3.8, 4) is 11.4 Å². The van der Waals surface area contributed by atoms with E-state index in [-0.39, 0.29) is 5.91 Å². The lowest BCUT2D eigenvalue weighted by Gasteiger charge is -2.09. The van der Waals surface area contributed by atoms with Gasteiger partial charge in [-0.3, -0.25) is 4.79 Å². The molecule has 0 fully saturated rings. The Hall–Kier alpha value is -2.60. The summed E-state index contributed by atoms with van der Waals surface area (Å²) in [4.78, 5) is 12.3. The summed E-state index contributed by atoms with van der Waals surface area (Å²) in [5.74, 6) is 0.745. The number of carbonyl (C=O) groups excluding carboxylic acids is 1. The number of ether oxygens (including phenoxy) is 1. The van der Waals surface area contributed by atoms with Crippen molar-refractivity contribution in [1.29, 1.82) is 0 Å². The van der Waals surface area contributed by atoms with Gasteiger partial charge in [-0.15, -0.1) is 0 Å². The van der Waals surface area contributed by atoms with Crippen LogP contribution in [0, 0.1) is 0 Å². The maximum absolute atomic E-state index is 12.3. The van der Waals surface area contributed by atoms with Crippen LogP contribution in [0.5, 0.6) is 5.75 Å². The number of benzene rings is 2. The molecule has 5 nitrogen and oxygen atoms in total. The molecule has 1 heterocycles. The Morgan fingerprint density at radius 2 is 1.96 bits per heavy atom. The third-order valence-corrected chi connectivity index (χ3v) is 4.23. The largest absolute Gasteiger partial charge is 0.496 e. The molecule has 3 rings (SSSR count). The van der Waals surface area contributed by atoms with Crippen LogP contribution in [0.4, 0.5) is 0 Å². The van der Waals surface area contributed by atoms with Crippen LogP contribution >= 0.6 is 15.9 Å². The molecule has 0 saturated heterocycles. The maximum atomic E-state index is 12.3. The Labute approximate surface area is 154 Å². The molecule has 0 saturated carbocycles. The number of hydrogen-bond acceptors (Lipinski definition) is 3. The second-order valence-electron chi connectivity index (χ2n) is 5.47. The highest BCUT2D eigenvalue weighted by Crippen LogP contribution is 2.17. The van der Waals surface area contributed by atoms with Crippen LogP contribution in [-0.2, 0) is 6.42 Å². The number of nitrogens with zero attached hydrogens (tertiary/aromatic N) is 2. The molecule has 0 unspecified atom stereocenters. The molecule has 0 aliphatic rings. The van der Waals surface area contributed by atoms with Gasteiger partial charge in [0.05, 0.1) is 23.5 Å². The first kappa shape index (κ1) is 17.2. The van der Waals surface area contributed by atoms with Crippen LogP contribution < -0.4 is 10.1 Å². The lowest BCUT2D eigenvalue weighted by Crippen LogP contribution is -2.25. The van der Waals surface area contributed by atoms with Crippen molar-refractivity contribution in [2.75, 3.05) is 13.7 Å². The number of aromatic nitrogens is 2. The van der Waals surface area contributed by atoms with E-state index in [9.17, 15) is 4.79 Å². The SMILES string of the molecule is COc1ccccc1CCNC(=O)c1ccc(-n2cc(Br)cn2)cc1. The highest BCUT2D eigenvalue weighted by Gasteiger charge is 2.07. The number of amides is 1. The summed E-state index contributed by atoms with van der Waals surface area (Å²) >= 11 is 3.37. The van der Waals surface area contributed by atoms with Crippen molar-refractivity contribution in [2.45, 2.75) is 6.42 Å². The molecule has 1 amide bonds. The lowest BCUT2D eigenvalue weighted by molar-refractivity contribution is 0.0954. The van der Waals surface area contributed by atoms with E-state index in [0.717, 1.165) is 27.9 Å². The number of rotatable bonds is 6. The zero-order valence-corrected chi connectivity index (χ0v) is 15.4. The van der Waals surface area contributed by atoms with Crippen molar-refractivity contribution in [1.82, 2.24) is 15.1 Å². The van der Waals surface area contributed by atoms with Crippen molar-refractivity contribution < 1.29 is 9.53 Å². The molecular weight excluding hydrogens is 382 g/mol. The summed E-state index contributed by atoms with van der Waals surface area (Å²) in [6, 6.07) is 15.1. The van der Waals surface area contributed by atoms with Crippen LogP contribution in [0.3, 0.4) is 0 Å². The van der Waals surface area contributed by atoms with Crippen LogP contribution in [0.1, 0.15) is 15.9 Å². The van der Waals surface area contributed by atoms with E-state index in [0.29, 0.717) is 12.1 Å². The van der Waals surface area contributed by atoms with Gasteiger partial charge in [0.2, 0.25) is 0 Å². The van der Waals surface area contributed by atoms with Gasteiger partial charge in [0, 0.05) is 18.3 Å². The van der Waals surface area contributed by atoms with E-state index in [1.165, 1.54) is 0 Å². The van der Waals surface area contributed by atoms with Crippen LogP contribution in [-0.4, -0.2) is 29.3 Å². The number of para-hydroxylation sites is 1. The number of nitrogens with one attached hydrogen (secondary N) is 1. The molecule has 0 atom stereocenters. The summed E-state index contributed by atoms with van der Waals surface area (Å²) in [7, 11) is 1.65. The summed E-state index contributed by atoms with van der Waals surface area (Å²) < 4.78 is 7.97. The molecule has 25 heavy (non-hydrogen) atoms. The first-order valence-electron chi connectivity index (χ1n) is 7.88. The molecule has 1 aromatic heterocycles. The Kier molecular flexibility index (Phi) is 5.50. The number of carbonyl (C=O) groups is 1. The van der Waals surface area contributed by atoms with E-state index >= 15 is 0 Å². The fourth-order valence-corrected chi connectivity index (χ4v) is 2.82. The minimum atomic E-state index is -0.0944. The van der Waals surface area contributed by atoms with Gasteiger partial charge in [-0.05, 0) is 58.2 Å². The number of methoxy groups -OCH3 is 1. The van der Waals surface area contributed by atoms with Crippen LogP contribution in [0.2, 0.25) is 0 Å². The summed E-state index contributed by atoms with van der Waals surface area (Å²) in [6.07, 6.45) is 4.30. The average Bonchev–Trinajstić information content (AvgIpc) is 3.08. The third-order valence-electron chi connectivity index (χ3n) is 3.82. The van der Waals surface area contributed by atoms with E-state index in [1.54, 1.807) is 30.1 Å². The summed E-state index contributed by atoms with van der Waals surface area (Å²) in [5, 5.41) is 7.16. The lowest BCUT2D eigenvalue weighted by atomic mass is 10.1. The molecule has 0 bridgehead atoms. The van der Waals surface area contributed by atoms with Crippen LogP contribution in [0.25, 0.3) is 5.69 Å². The molecule has 6 heteroatoms. The standard InChI is InChI=1S/C19H18BrN3O2/c1-25-18-5-3-2-4-14(18)10-11-21-19(24)15-6-8-17(9-7-15)23-13-16(20)12-22-23/h2-9,12-13H,10-11H2,1H3,(H,21,24). The second kappa shape index (κ2) is 7.98. The molecule has 3 aromatic rings.